The molecule has 0 heterocycles. The zero-order chi connectivity index (χ0) is 13.5. The Balaban J connectivity index is 3.01. The third kappa shape index (κ3) is 3.35. The molecule has 1 atom stereocenters. The number of carbonyl (C=O) groups is 1. The average Bonchev–Trinajstić information content (AvgIpc) is 2.38. The summed E-state index contributed by atoms with van der Waals surface area (Å²) in [5, 5.41) is 12.0. The number of rotatable bonds is 7. The van der Waals surface area contributed by atoms with Crippen molar-refractivity contribution < 1.29 is 19.4 Å². The van der Waals surface area contributed by atoms with E-state index in [1.165, 1.54) is 14.2 Å². The molecule has 1 aromatic rings. The van der Waals surface area contributed by atoms with Crippen LogP contribution in [0.15, 0.2) is 18.2 Å². The van der Waals surface area contributed by atoms with Crippen LogP contribution in [0.2, 0.25) is 0 Å². The number of carboxylic acid groups (broad SMARTS) is 1. The zero-order valence-electron chi connectivity index (χ0n) is 10.5. The molecule has 0 aliphatic heterocycles. The summed E-state index contributed by atoms with van der Waals surface area (Å²) in [4.78, 5) is 11.2. The molecule has 0 saturated carbocycles. The highest BCUT2D eigenvalue weighted by molar-refractivity contribution is 5.76. The van der Waals surface area contributed by atoms with Gasteiger partial charge < -0.3 is 20.3 Å². The number of methoxy groups -OCH3 is 2. The maximum Gasteiger partial charge on any atom is 0.325 e. The van der Waals surface area contributed by atoms with Crippen molar-refractivity contribution in [1.82, 2.24) is 5.32 Å². The van der Waals surface area contributed by atoms with Gasteiger partial charge in [-0.25, -0.2) is 0 Å². The fraction of sp³-hybridized carbons (Fsp3) is 0.417. The van der Waals surface area contributed by atoms with Gasteiger partial charge in [0.2, 0.25) is 0 Å². The smallest absolute Gasteiger partial charge is 0.325 e. The van der Waals surface area contributed by atoms with E-state index in [9.17, 15) is 4.79 Å². The Labute approximate surface area is 106 Å². The third-order valence-corrected chi connectivity index (χ3v) is 2.48. The molecule has 0 aliphatic carbocycles. The normalized spacial score (nSPS) is 11.9. The maximum atomic E-state index is 11.2. The number of nitrogens with one attached hydrogen (secondary N) is 1. The van der Waals surface area contributed by atoms with Crippen LogP contribution in [0.25, 0.3) is 0 Å². The molecular weight excluding hydrogens is 236 g/mol. The van der Waals surface area contributed by atoms with Gasteiger partial charge in [-0.15, -0.1) is 0 Å². The Morgan fingerprint density at radius 1 is 1.39 bits per heavy atom. The van der Waals surface area contributed by atoms with Crippen molar-refractivity contribution in [3.63, 3.8) is 0 Å². The minimum Gasteiger partial charge on any atom is -0.493 e. The monoisotopic (exact) mass is 254 g/mol. The number of ether oxygens (including phenoxy) is 2. The lowest BCUT2D eigenvalue weighted by Gasteiger charge is -2.16. The van der Waals surface area contributed by atoms with Gasteiger partial charge in [0.25, 0.3) is 0 Å². The van der Waals surface area contributed by atoms with E-state index < -0.39 is 12.0 Å². The SMILES string of the molecule is COc1ccc(C(NCCN)C(=O)O)cc1OC. The van der Waals surface area contributed by atoms with E-state index in [2.05, 4.69) is 5.32 Å². The summed E-state index contributed by atoms with van der Waals surface area (Å²) in [6.45, 7) is 0.794. The summed E-state index contributed by atoms with van der Waals surface area (Å²) >= 11 is 0. The minimum atomic E-state index is -0.962. The van der Waals surface area contributed by atoms with Crippen molar-refractivity contribution in [1.29, 1.82) is 0 Å². The van der Waals surface area contributed by atoms with Crippen molar-refractivity contribution in [2.45, 2.75) is 6.04 Å². The van der Waals surface area contributed by atoms with E-state index in [0.29, 0.717) is 30.2 Å². The second kappa shape index (κ2) is 6.83. The Kier molecular flexibility index (Phi) is 5.41. The molecule has 0 saturated heterocycles. The molecule has 0 aliphatic rings. The highest BCUT2D eigenvalue weighted by atomic mass is 16.5. The molecule has 0 radical (unpaired) electrons. The highest BCUT2D eigenvalue weighted by Crippen LogP contribution is 2.29. The summed E-state index contributed by atoms with van der Waals surface area (Å²) in [5.41, 5.74) is 5.95. The molecule has 0 bridgehead atoms. The van der Waals surface area contributed by atoms with Gasteiger partial charge in [0.1, 0.15) is 6.04 Å². The molecule has 0 fully saturated rings. The average molecular weight is 254 g/mol. The fourth-order valence-electron chi connectivity index (χ4n) is 1.61. The number of hydrogen-bond donors (Lipinski definition) is 3. The lowest BCUT2D eigenvalue weighted by Crippen LogP contribution is -2.32. The van der Waals surface area contributed by atoms with Crippen LogP contribution in [0, 0.1) is 0 Å². The molecule has 1 aromatic carbocycles. The largest absolute Gasteiger partial charge is 0.493 e. The van der Waals surface area contributed by atoms with E-state index in [4.69, 9.17) is 20.3 Å². The molecular formula is C12H18N2O4. The number of carboxylic acids is 1. The van der Waals surface area contributed by atoms with Crippen LogP contribution >= 0.6 is 0 Å². The van der Waals surface area contributed by atoms with E-state index in [1.807, 2.05) is 0 Å². The van der Waals surface area contributed by atoms with Gasteiger partial charge in [0, 0.05) is 13.1 Å². The molecule has 1 rings (SSSR count). The van der Waals surface area contributed by atoms with Gasteiger partial charge in [0.15, 0.2) is 11.5 Å². The number of hydrogen-bond acceptors (Lipinski definition) is 5. The molecule has 100 valence electrons. The van der Waals surface area contributed by atoms with Crippen LogP contribution < -0.4 is 20.5 Å². The molecule has 18 heavy (non-hydrogen) atoms. The second-order valence-corrected chi connectivity index (χ2v) is 3.63. The maximum absolute atomic E-state index is 11.2. The quantitative estimate of drug-likeness (QED) is 0.651. The van der Waals surface area contributed by atoms with E-state index >= 15 is 0 Å². The predicted molar refractivity (Wildman–Crippen MR) is 67.0 cm³/mol. The molecule has 0 amide bonds. The van der Waals surface area contributed by atoms with Crippen LogP contribution in [0.3, 0.4) is 0 Å². The van der Waals surface area contributed by atoms with Crippen LogP contribution in [0.1, 0.15) is 11.6 Å². The Bertz CT molecular complexity index is 409. The third-order valence-electron chi connectivity index (χ3n) is 2.48. The molecule has 1 unspecified atom stereocenters. The first kappa shape index (κ1) is 14.3. The predicted octanol–water partition coefficient (Wildman–Crippen LogP) is 0.378. The first-order valence-corrected chi connectivity index (χ1v) is 5.52. The first-order chi connectivity index (χ1) is 8.63. The molecule has 0 aromatic heterocycles. The Morgan fingerprint density at radius 2 is 2.06 bits per heavy atom. The van der Waals surface area contributed by atoms with Gasteiger partial charge in [-0.2, -0.15) is 0 Å². The number of nitrogens with two attached hydrogens (primary N) is 1. The van der Waals surface area contributed by atoms with Gasteiger partial charge in [0.05, 0.1) is 14.2 Å². The minimum absolute atomic E-state index is 0.372. The second-order valence-electron chi connectivity index (χ2n) is 3.63. The van der Waals surface area contributed by atoms with Crippen molar-refractivity contribution in [3.05, 3.63) is 23.8 Å². The van der Waals surface area contributed by atoms with Crippen LogP contribution in [0.5, 0.6) is 11.5 Å². The summed E-state index contributed by atoms with van der Waals surface area (Å²) in [7, 11) is 3.03. The van der Waals surface area contributed by atoms with E-state index in [1.54, 1.807) is 18.2 Å². The van der Waals surface area contributed by atoms with Gasteiger partial charge >= 0.3 is 5.97 Å². The highest BCUT2D eigenvalue weighted by Gasteiger charge is 2.20. The summed E-state index contributed by atoms with van der Waals surface area (Å²) < 4.78 is 10.2. The Hall–Kier alpha value is -1.79. The first-order valence-electron chi connectivity index (χ1n) is 5.52. The molecule has 0 spiro atoms. The molecule has 6 heteroatoms. The molecule has 6 nitrogen and oxygen atoms in total. The lowest BCUT2D eigenvalue weighted by atomic mass is 10.1. The van der Waals surface area contributed by atoms with Crippen LogP contribution in [-0.2, 0) is 4.79 Å². The van der Waals surface area contributed by atoms with Gasteiger partial charge in [-0.05, 0) is 17.7 Å². The van der Waals surface area contributed by atoms with E-state index in [0.717, 1.165) is 0 Å². The van der Waals surface area contributed by atoms with Crippen LogP contribution in [0.4, 0.5) is 0 Å². The lowest BCUT2D eigenvalue weighted by molar-refractivity contribution is -0.139. The standard InChI is InChI=1S/C12H18N2O4/c1-17-9-4-3-8(7-10(9)18-2)11(12(15)16)14-6-5-13/h3-4,7,11,14H,5-6,13H2,1-2H3,(H,15,16). The number of benzene rings is 1. The van der Waals surface area contributed by atoms with Gasteiger partial charge in [-0.1, -0.05) is 6.07 Å². The number of aliphatic carboxylic acids is 1. The molecule has 4 N–H and O–H groups in total. The van der Waals surface area contributed by atoms with Crippen molar-refractivity contribution in [2.75, 3.05) is 27.3 Å². The van der Waals surface area contributed by atoms with Crippen LogP contribution in [-0.4, -0.2) is 38.4 Å². The zero-order valence-corrected chi connectivity index (χ0v) is 10.5. The van der Waals surface area contributed by atoms with Gasteiger partial charge in [-0.3, -0.25) is 10.1 Å². The van der Waals surface area contributed by atoms with E-state index in [-0.39, 0.29) is 0 Å². The fourth-order valence-corrected chi connectivity index (χ4v) is 1.61. The Morgan fingerprint density at radius 3 is 2.56 bits per heavy atom. The summed E-state index contributed by atoms with van der Waals surface area (Å²) in [5.74, 6) is 0.0932. The van der Waals surface area contributed by atoms with Crippen molar-refractivity contribution >= 4 is 5.97 Å². The van der Waals surface area contributed by atoms with Crippen molar-refractivity contribution in [2.24, 2.45) is 5.73 Å². The summed E-state index contributed by atoms with van der Waals surface area (Å²) in [6.07, 6.45) is 0. The summed E-state index contributed by atoms with van der Waals surface area (Å²) in [6, 6.07) is 4.19. The topological polar surface area (TPSA) is 93.8 Å². The van der Waals surface area contributed by atoms with Crippen molar-refractivity contribution in [3.8, 4) is 11.5 Å².